The van der Waals surface area contributed by atoms with Crippen molar-refractivity contribution >= 4 is 0 Å². The molecule has 1 aliphatic rings. The summed E-state index contributed by atoms with van der Waals surface area (Å²) in [5.41, 5.74) is 0. The molecule has 3 nitrogen and oxygen atoms in total. The Labute approximate surface area is 113 Å². The van der Waals surface area contributed by atoms with Gasteiger partial charge in [0, 0.05) is 19.7 Å². The highest BCUT2D eigenvalue weighted by Gasteiger charge is 2.20. The van der Waals surface area contributed by atoms with E-state index in [2.05, 4.69) is 32.6 Å². The maximum absolute atomic E-state index is 5.75. The lowest BCUT2D eigenvalue weighted by Gasteiger charge is -2.33. The summed E-state index contributed by atoms with van der Waals surface area (Å²) in [6.45, 7) is 14.7. The van der Waals surface area contributed by atoms with Crippen LogP contribution in [-0.4, -0.2) is 50.5 Å². The fourth-order valence-corrected chi connectivity index (χ4v) is 2.24. The van der Waals surface area contributed by atoms with Gasteiger partial charge in [0.25, 0.3) is 0 Å². The van der Waals surface area contributed by atoms with Crippen molar-refractivity contribution in [2.24, 2.45) is 11.8 Å². The molecular weight excluding hydrogens is 226 g/mol. The number of ether oxygens (including phenoxy) is 2. The van der Waals surface area contributed by atoms with Gasteiger partial charge in [-0.15, -0.1) is 0 Å². The molecule has 18 heavy (non-hydrogen) atoms. The predicted molar refractivity (Wildman–Crippen MR) is 75.9 cm³/mol. The zero-order chi connectivity index (χ0) is 13.4. The third-order valence-corrected chi connectivity index (χ3v) is 3.23. The maximum Gasteiger partial charge on any atom is 0.0935 e. The molecule has 1 fully saturated rings. The van der Waals surface area contributed by atoms with Gasteiger partial charge in [0.2, 0.25) is 0 Å². The van der Waals surface area contributed by atoms with Crippen LogP contribution >= 0.6 is 0 Å². The van der Waals surface area contributed by atoms with Gasteiger partial charge in [-0.3, -0.25) is 4.90 Å². The summed E-state index contributed by atoms with van der Waals surface area (Å²) >= 11 is 0. The summed E-state index contributed by atoms with van der Waals surface area (Å²) in [7, 11) is 0. The van der Waals surface area contributed by atoms with E-state index in [9.17, 15) is 0 Å². The molecule has 0 aromatic rings. The standard InChI is InChI=1S/C15H31NO2/c1-13(2)6-5-7-16-8-9-18-15(10-16)12-17-11-14(3)4/h13-15H,5-12H2,1-4H3. The van der Waals surface area contributed by atoms with Crippen LogP contribution in [0.25, 0.3) is 0 Å². The summed E-state index contributed by atoms with van der Waals surface area (Å²) in [6, 6.07) is 0. The molecule has 0 amide bonds. The molecule has 108 valence electrons. The van der Waals surface area contributed by atoms with E-state index in [1.165, 1.54) is 19.4 Å². The minimum absolute atomic E-state index is 0.275. The van der Waals surface area contributed by atoms with Gasteiger partial charge in [0.05, 0.1) is 19.3 Å². The Hall–Kier alpha value is -0.120. The monoisotopic (exact) mass is 257 g/mol. The van der Waals surface area contributed by atoms with Gasteiger partial charge in [0.15, 0.2) is 0 Å². The summed E-state index contributed by atoms with van der Waals surface area (Å²) < 4.78 is 11.4. The number of morpholine rings is 1. The molecule has 1 rings (SSSR count). The summed E-state index contributed by atoms with van der Waals surface area (Å²) in [5, 5.41) is 0. The van der Waals surface area contributed by atoms with Crippen molar-refractivity contribution in [2.75, 3.05) is 39.5 Å². The van der Waals surface area contributed by atoms with Crippen LogP contribution in [0.15, 0.2) is 0 Å². The number of rotatable bonds is 8. The first-order valence-electron chi connectivity index (χ1n) is 7.49. The molecule has 0 aromatic heterocycles. The third-order valence-electron chi connectivity index (χ3n) is 3.23. The maximum atomic E-state index is 5.75. The van der Waals surface area contributed by atoms with E-state index < -0.39 is 0 Å². The zero-order valence-corrected chi connectivity index (χ0v) is 12.7. The van der Waals surface area contributed by atoms with Crippen molar-refractivity contribution in [3.63, 3.8) is 0 Å². The number of hydrogen-bond donors (Lipinski definition) is 0. The molecule has 0 bridgehead atoms. The molecule has 0 spiro atoms. The smallest absolute Gasteiger partial charge is 0.0935 e. The lowest BCUT2D eigenvalue weighted by atomic mass is 10.1. The third kappa shape index (κ3) is 7.34. The largest absolute Gasteiger partial charge is 0.378 e. The summed E-state index contributed by atoms with van der Waals surface area (Å²) in [5.74, 6) is 1.42. The van der Waals surface area contributed by atoms with Gasteiger partial charge < -0.3 is 9.47 Å². The number of hydrogen-bond acceptors (Lipinski definition) is 3. The van der Waals surface area contributed by atoms with Crippen LogP contribution in [0.3, 0.4) is 0 Å². The molecule has 1 aliphatic heterocycles. The summed E-state index contributed by atoms with van der Waals surface area (Å²) in [4.78, 5) is 2.52. The van der Waals surface area contributed by atoms with Gasteiger partial charge in [-0.05, 0) is 31.2 Å². The van der Waals surface area contributed by atoms with Gasteiger partial charge in [-0.1, -0.05) is 27.7 Å². The quantitative estimate of drug-likeness (QED) is 0.667. The van der Waals surface area contributed by atoms with E-state index in [4.69, 9.17) is 9.47 Å². The minimum atomic E-state index is 0.275. The van der Waals surface area contributed by atoms with Crippen molar-refractivity contribution in [1.29, 1.82) is 0 Å². The van der Waals surface area contributed by atoms with Crippen molar-refractivity contribution < 1.29 is 9.47 Å². The van der Waals surface area contributed by atoms with Crippen LogP contribution in [0.5, 0.6) is 0 Å². The molecule has 1 saturated heterocycles. The second-order valence-corrected chi connectivity index (χ2v) is 6.26. The Balaban J connectivity index is 2.11. The van der Waals surface area contributed by atoms with E-state index in [-0.39, 0.29) is 6.10 Å². The Kier molecular flexibility index (Phi) is 7.87. The normalized spacial score (nSPS) is 22.0. The van der Waals surface area contributed by atoms with Gasteiger partial charge in [-0.2, -0.15) is 0 Å². The second-order valence-electron chi connectivity index (χ2n) is 6.26. The molecule has 1 heterocycles. The van der Waals surface area contributed by atoms with Crippen LogP contribution in [0.1, 0.15) is 40.5 Å². The van der Waals surface area contributed by atoms with Crippen LogP contribution in [-0.2, 0) is 9.47 Å². The van der Waals surface area contributed by atoms with Crippen LogP contribution < -0.4 is 0 Å². The Morgan fingerprint density at radius 3 is 2.67 bits per heavy atom. The summed E-state index contributed by atoms with van der Waals surface area (Å²) in [6.07, 6.45) is 2.90. The Bertz CT molecular complexity index is 187. The first kappa shape index (κ1) is 15.9. The number of nitrogens with zero attached hydrogens (tertiary/aromatic N) is 1. The van der Waals surface area contributed by atoms with Crippen LogP contribution in [0.4, 0.5) is 0 Å². The van der Waals surface area contributed by atoms with E-state index in [1.54, 1.807) is 0 Å². The highest BCUT2D eigenvalue weighted by atomic mass is 16.5. The fraction of sp³-hybridized carbons (Fsp3) is 1.00. The first-order chi connectivity index (χ1) is 8.58. The van der Waals surface area contributed by atoms with Crippen molar-refractivity contribution in [2.45, 2.75) is 46.6 Å². The molecule has 0 aromatic carbocycles. The van der Waals surface area contributed by atoms with E-state index in [1.807, 2.05) is 0 Å². The molecule has 0 aliphatic carbocycles. The molecular formula is C15H31NO2. The van der Waals surface area contributed by atoms with E-state index >= 15 is 0 Å². The molecule has 1 unspecified atom stereocenters. The molecule has 0 N–H and O–H groups in total. The van der Waals surface area contributed by atoms with Gasteiger partial charge in [0.1, 0.15) is 0 Å². The van der Waals surface area contributed by atoms with Crippen LogP contribution in [0.2, 0.25) is 0 Å². The van der Waals surface area contributed by atoms with E-state index in [0.29, 0.717) is 5.92 Å². The minimum Gasteiger partial charge on any atom is -0.378 e. The zero-order valence-electron chi connectivity index (χ0n) is 12.7. The van der Waals surface area contributed by atoms with Crippen molar-refractivity contribution in [3.8, 4) is 0 Å². The molecule has 0 radical (unpaired) electrons. The Morgan fingerprint density at radius 2 is 2.00 bits per heavy atom. The highest BCUT2D eigenvalue weighted by molar-refractivity contribution is 4.71. The van der Waals surface area contributed by atoms with Crippen molar-refractivity contribution in [3.05, 3.63) is 0 Å². The SMILES string of the molecule is CC(C)CCCN1CCOC(COCC(C)C)C1. The topological polar surface area (TPSA) is 21.7 Å². The van der Waals surface area contributed by atoms with Crippen LogP contribution in [0, 0.1) is 11.8 Å². The van der Waals surface area contributed by atoms with Crippen molar-refractivity contribution in [1.82, 2.24) is 4.90 Å². The molecule has 1 atom stereocenters. The van der Waals surface area contributed by atoms with E-state index in [0.717, 1.165) is 38.8 Å². The lowest BCUT2D eigenvalue weighted by Crippen LogP contribution is -2.44. The lowest BCUT2D eigenvalue weighted by molar-refractivity contribution is -0.0723. The molecule has 0 saturated carbocycles. The predicted octanol–water partition coefficient (Wildman–Crippen LogP) is 2.80. The average Bonchev–Trinajstić information content (AvgIpc) is 2.28. The molecule has 3 heteroatoms. The highest BCUT2D eigenvalue weighted by Crippen LogP contribution is 2.10. The Morgan fingerprint density at radius 1 is 1.22 bits per heavy atom. The van der Waals surface area contributed by atoms with Gasteiger partial charge >= 0.3 is 0 Å². The average molecular weight is 257 g/mol. The fourth-order valence-electron chi connectivity index (χ4n) is 2.24. The second kappa shape index (κ2) is 8.89. The van der Waals surface area contributed by atoms with Gasteiger partial charge in [-0.25, -0.2) is 0 Å². The first-order valence-corrected chi connectivity index (χ1v) is 7.49.